The highest BCUT2D eigenvalue weighted by Crippen LogP contribution is 2.35. The molecule has 116 valence electrons. The molecule has 0 aromatic heterocycles. The second kappa shape index (κ2) is 5.39. The molecular weight excluding hydrogens is 280 g/mol. The Labute approximate surface area is 129 Å². The van der Waals surface area contributed by atoms with Crippen molar-refractivity contribution in [2.75, 3.05) is 13.2 Å². The van der Waals surface area contributed by atoms with Gasteiger partial charge in [-0.2, -0.15) is 0 Å². The number of carbonyl (C=O) groups excluding carboxylic acids is 2. The summed E-state index contributed by atoms with van der Waals surface area (Å²) in [7, 11) is 0. The van der Waals surface area contributed by atoms with E-state index in [1.165, 1.54) is 0 Å². The maximum atomic E-state index is 12.7. The number of nitrogens with one attached hydrogen (secondary N) is 1. The molecule has 1 aromatic carbocycles. The summed E-state index contributed by atoms with van der Waals surface area (Å²) in [4.78, 5) is 27.0. The van der Waals surface area contributed by atoms with E-state index in [0.717, 1.165) is 19.3 Å². The van der Waals surface area contributed by atoms with E-state index in [1.807, 2.05) is 35.2 Å². The van der Waals surface area contributed by atoms with Crippen LogP contribution in [0.4, 0.5) is 0 Å². The molecule has 22 heavy (non-hydrogen) atoms. The summed E-state index contributed by atoms with van der Waals surface area (Å²) >= 11 is 0. The van der Waals surface area contributed by atoms with Crippen molar-refractivity contribution in [3.8, 4) is 0 Å². The molecule has 0 bridgehead atoms. The minimum Gasteiger partial charge on any atom is -0.375 e. The van der Waals surface area contributed by atoms with E-state index in [2.05, 4.69) is 5.32 Å². The maximum Gasteiger partial charge on any atom is 0.254 e. The van der Waals surface area contributed by atoms with Gasteiger partial charge in [0.25, 0.3) is 5.91 Å². The fourth-order valence-corrected chi connectivity index (χ4v) is 3.52. The predicted molar refractivity (Wildman–Crippen MR) is 80.3 cm³/mol. The van der Waals surface area contributed by atoms with Crippen LogP contribution in [0.15, 0.2) is 30.3 Å². The molecule has 1 aromatic rings. The van der Waals surface area contributed by atoms with Gasteiger partial charge in [0.2, 0.25) is 5.91 Å². The fraction of sp³-hybridized carbons (Fsp3) is 0.529. The van der Waals surface area contributed by atoms with Crippen LogP contribution in [-0.2, 0) is 9.53 Å². The Morgan fingerprint density at radius 1 is 1.14 bits per heavy atom. The highest BCUT2D eigenvalue weighted by atomic mass is 16.5. The number of likely N-dealkylation sites (tertiary alicyclic amines) is 1. The average Bonchev–Trinajstić information content (AvgIpc) is 3.10. The van der Waals surface area contributed by atoms with E-state index in [0.29, 0.717) is 24.8 Å². The average molecular weight is 300 g/mol. The van der Waals surface area contributed by atoms with E-state index in [1.54, 1.807) is 0 Å². The van der Waals surface area contributed by atoms with E-state index in [9.17, 15) is 9.59 Å². The number of hydrogen-bond acceptors (Lipinski definition) is 3. The van der Waals surface area contributed by atoms with Gasteiger partial charge in [-0.3, -0.25) is 9.59 Å². The van der Waals surface area contributed by atoms with Crippen LogP contribution in [-0.4, -0.2) is 48.1 Å². The second-order valence-corrected chi connectivity index (χ2v) is 6.40. The van der Waals surface area contributed by atoms with Gasteiger partial charge in [-0.25, -0.2) is 0 Å². The lowest BCUT2D eigenvalue weighted by Gasteiger charge is -2.22. The molecule has 3 fully saturated rings. The standard InChI is InChI=1S/C17H20N2O3/c20-16(18-12-6-7-12)13-10-19(14-8-9-22-15(13)14)17(21)11-4-2-1-3-5-11/h1-5,12-15H,6-10H2,(H,18,20). The Morgan fingerprint density at radius 2 is 1.91 bits per heavy atom. The molecule has 2 aliphatic heterocycles. The summed E-state index contributed by atoms with van der Waals surface area (Å²) in [5.74, 6) is -0.189. The normalized spacial score (nSPS) is 30.2. The maximum absolute atomic E-state index is 12.7. The van der Waals surface area contributed by atoms with Crippen LogP contribution < -0.4 is 5.32 Å². The summed E-state index contributed by atoms with van der Waals surface area (Å²) in [6.45, 7) is 1.09. The van der Waals surface area contributed by atoms with Crippen LogP contribution in [0.25, 0.3) is 0 Å². The molecule has 2 heterocycles. The predicted octanol–water partition coefficient (Wildman–Crippen LogP) is 1.19. The van der Waals surface area contributed by atoms with Gasteiger partial charge in [0.15, 0.2) is 0 Å². The van der Waals surface area contributed by atoms with E-state index >= 15 is 0 Å². The monoisotopic (exact) mass is 300 g/mol. The fourth-order valence-electron chi connectivity index (χ4n) is 3.52. The molecule has 4 rings (SSSR count). The zero-order valence-electron chi connectivity index (χ0n) is 12.4. The number of rotatable bonds is 3. The minimum atomic E-state index is -0.235. The SMILES string of the molecule is O=C(NC1CC1)C1CN(C(=O)c2ccccc2)C2CCOC12. The van der Waals surface area contributed by atoms with Gasteiger partial charge in [-0.15, -0.1) is 0 Å². The van der Waals surface area contributed by atoms with Crippen molar-refractivity contribution in [3.63, 3.8) is 0 Å². The summed E-state index contributed by atoms with van der Waals surface area (Å²) in [6.07, 6.45) is 2.81. The molecule has 0 radical (unpaired) electrons. The number of nitrogens with zero attached hydrogens (tertiary/aromatic N) is 1. The number of fused-ring (bicyclic) bond motifs is 1. The van der Waals surface area contributed by atoms with Crippen LogP contribution in [0.5, 0.6) is 0 Å². The van der Waals surface area contributed by atoms with Gasteiger partial charge < -0.3 is 15.0 Å². The van der Waals surface area contributed by atoms with Crippen LogP contribution >= 0.6 is 0 Å². The van der Waals surface area contributed by atoms with E-state index < -0.39 is 0 Å². The first-order chi connectivity index (χ1) is 10.7. The van der Waals surface area contributed by atoms with Crippen molar-refractivity contribution in [1.82, 2.24) is 10.2 Å². The number of amides is 2. The smallest absolute Gasteiger partial charge is 0.254 e. The Hall–Kier alpha value is -1.88. The van der Waals surface area contributed by atoms with Crippen LogP contribution in [0.2, 0.25) is 0 Å². The first kappa shape index (κ1) is 13.8. The van der Waals surface area contributed by atoms with Crippen LogP contribution in [0.3, 0.4) is 0 Å². The van der Waals surface area contributed by atoms with Crippen LogP contribution in [0, 0.1) is 5.92 Å². The molecule has 3 aliphatic rings. The molecule has 0 spiro atoms. The summed E-state index contributed by atoms with van der Waals surface area (Å²) in [5, 5.41) is 3.05. The second-order valence-electron chi connectivity index (χ2n) is 6.40. The number of ether oxygens (including phenoxy) is 1. The molecule has 1 aliphatic carbocycles. The largest absolute Gasteiger partial charge is 0.375 e. The first-order valence-corrected chi connectivity index (χ1v) is 8.02. The summed E-state index contributed by atoms with van der Waals surface area (Å²) < 4.78 is 5.77. The Kier molecular flexibility index (Phi) is 3.37. The lowest BCUT2D eigenvalue weighted by atomic mass is 10.0. The van der Waals surface area contributed by atoms with Gasteiger partial charge in [-0.1, -0.05) is 18.2 Å². The number of carbonyl (C=O) groups is 2. The Balaban J connectivity index is 1.53. The lowest BCUT2D eigenvalue weighted by molar-refractivity contribution is -0.127. The molecular formula is C17H20N2O3. The Bertz CT molecular complexity index is 585. The molecule has 5 heteroatoms. The van der Waals surface area contributed by atoms with Crippen molar-refractivity contribution in [2.24, 2.45) is 5.92 Å². The van der Waals surface area contributed by atoms with Gasteiger partial charge >= 0.3 is 0 Å². The highest BCUT2D eigenvalue weighted by molar-refractivity contribution is 5.95. The molecule has 3 atom stereocenters. The molecule has 2 amide bonds. The minimum absolute atomic E-state index is 0.00261. The van der Waals surface area contributed by atoms with Crippen molar-refractivity contribution < 1.29 is 14.3 Å². The van der Waals surface area contributed by atoms with Crippen molar-refractivity contribution in [3.05, 3.63) is 35.9 Å². The van der Waals surface area contributed by atoms with Crippen LogP contribution in [0.1, 0.15) is 29.6 Å². The van der Waals surface area contributed by atoms with E-state index in [4.69, 9.17) is 4.74 Å². The molecule has 2 saturated heterocycles. The lowest BCUT2D eigenvalue weighted by Crippen LogP contribution is -2.39. The number of benzene rings is 1. The first-order valence-electron chi connectivity index (χ1n) is 8.02. The van der Waals surface area contributed by atoms with Crippen molar-refractivity contribution >= 4 is 11.8 Å². The third-order valence-electron chi connectivity index (χ3n) is 4.84. The number of hydrogen-bond donors (Lipinski definition) is 1. The van der Waals surface area contributed by atoms with Crippen molar-refractivity contribution in [2.45, 2.75) is 37.5 Å². The topological polar surface area (TPSA) is 58.6 Å². The van der Waals surface area contributed by atoms with Gasteiger partial charge in [0.1, 0.15) is 0 Å². The van der Waals surface area contributed by atoms with Gasteiger partial charge in [0.05, 0.1) is 18.1 Å². The van der Waals surface area contributed by atoms with Gasteiger partial charge in [-0.05, 0) is 31.4 Å². The zero-order valence-corrected chi connectivity index (χ0v) is 12.4. The quantitative estimate of drug-likeness (QED) is 0.912. The zero-order chi connectivity index (χ0) is 15.1. The molecule has 5 nitrogen and oxygen atoms in total. The summed E-state index contributed by atoms with van der Waals surface area (Å²) in [5.41, 5.74) is 0.677. The summed E-state index contributed by atoms with van der Waals surface area (Å²) in [6, 6.07) is 9.64. The molecule has 3 unspecified atom stereocenters. The molecule has 1 saturated carbocycles. The van der Waals surface area contributed by atoms with Crippen molar-refractivity contribution in [1.29, 1.82) is 0 Å². The Morgan fingerprint density at radius 3 is 2.64 bits per heavy atom. The molecule has 1 N–H and O–H groups in total. The third kappa shape index (κ3) is 2.39. The highest BCUT2D eigenvalue weighted by Gasteiger charge is 2.50. The third-order valence-corrected chi connectivity index (χ3v) is 4.84. The van der Waals surface area contributed by atoms with E-state index in [-0.39, 0.29) is 29.9 Å². The van der Waals surface area contributed by atoms with Gasteiger partial charge in [0, 0.05) is 24.8 Å².